The van der Waals surface area contributed by atoms with Crippen molar-refractivity contribution in [3.63, 3.8) is 0 Å². The lowest BCUT2D eigenvalue weighted by Gasteiger charge is -2.06. The SMILES string of the molecule is Clc1ccc(Cl)c(-c2nc(Cl)nc(-n3cccn3)n2)c1. The van der Waals surface area contributed by atoms with E-state index in [0.717, 1.165) is 0 Å². The number of aromatic nitrogens is 5. The average molecular weight is 327 g/mol. The second-order valence-corrected chi connectivity index (χ2v) is 4.98. The van der Waals surface area contributed by atoms with Crippen molar-refractivity contribution in [2.45, 2.75) is 0 Å². The number of halogens is 3. The van der Waals surface area contributed by atoms with Gasteiger partial charge in [0, 0.05) is 23.0 Å². The van der Waals surface area contributed by atoms with Gasteiger partial charge in [-0.3, -0.25) is 0 Å². The Kier molecular flexibility index (Phi) is 3.56. The number of hydrogen-bond acceptors (Lipinski definition) is 4. The van der Waals surface area contributed by atoms with Gasteiger partial charge in [0.1, 0.15) is 0 Å². The van der Waals surface area contributed by atoms with E-state index in [4.69, 9.17) is 34.8 Å². The summed E-state index contributed by atoms with van der Waals surface area (Å²) >= 11 is 18.0. The van der Waals surface area contributed by atoms with Gasteiger partial charge in [-0.2, -0.15) is 20.1 Å². The highest BCUT2D eigenvalue weighted by Gasteiger charge is 2.12. The maximum absolute atomic E-state index is 6.14. The van der Waals surface area contributed by atoms with Crippen LogP contribution < -0.4 is 0 Å². The van der Waals surface area contributed by atoms with E-state index in [-0.39, 0.29) is 5.28 Å². The Morgan fingerprint density at radius 1 is 1.00 bits per heavy atom. The first kappa shape index (κ1) is 13.3. The second-order valence-electron chi connectivity index (χ2n) is 3.80. The van der Waals surface area contributed by atoms with Gasteiger partial charge in [0.25, 0.3) is 5.95 Å². The van der Waals surface area contributed by atoms with Crippen LogP contribution in [0.3, 0.4) is 0 Å². The van der Waals surface area contributed by atoms with E-state index in [1.54, 1.807) is 36.7 Å². The van der Waals surface area contributed by atoms with Gasteiger partial charge in [0.15, 0.2) is 5.82 Å². The lowest BCUT2D eigenvalue weighted by molar-refractivity contribution is 0.798. The number of nitrogens with zero attached hydrogens (tertiary/aromatic N) is 5. The van der Waals surface area contributed by atoms with E-state index in [0.29, 0.717) is 27.4 Å². The maximum Gasteiger partial charge on any atom is 0.255 e. The molecule has 0 aliphatic carbocycles. The van der Waals surface area contributed by atoms with Crippen LogP contribution >= 0.6 is 34.8 Å². The van der Waals surface area contributed by atoms with Gasteiger partial charge in [-0.15, -0.1) is 0 Å². The second kappa shape index (κ2) is 5.36. The lowest BCUT2D eigenvalue weighted by Crippen LogP contribution is -2.05. The Balaban J connectivity index is 2.17. The largest absolute Gasteiger partial charge is 0.255 e. The number of rotatable bonds is 2. The Bertz CT molecular complexity index is 758. The minimum Gasteiger partial charge on any atom is -0.206 e. The molecule has 0 N–H and O–H groups in total. The quantitative estimate of drug-likeness (QED) is 0.721. The molecule has 100 valence electrons. The van der Waals surface area contributed by atoms with Crippen LogP contribution in [-0.2, 0) is 0 Å². The van der Waals surface area contributed by atoms with E-state index < -0.39 is 0 Å². The Morgan fingerprint density at radius 3 is 2.60 bits per heavy atom. The third kappa shape index (κ3) is 2.60. The predicted molar refractivity (Wildman–Crippen MR) is 77.4 cm³/mol. The fraction of sp³-hybridized carbons (Fsp3) is 0. The van der Waals surface area contributed by atoms with Crippen molar-refractivity contribution >= 4 is 34.8 Å². The first-order valence-corrected chi connectivity index (χ1v) is 6.64. The van der Waals surface area contributed by atoms with E-state index >= 15 is 0 Å². The summed E-state index contributed by atoms with van der Waals surface area (Å²) in [5.74, 6) is 0.643. The van der Waals surface area contributed by atoms with Crippen LogP contribution in [0.2, 0.25) is 15.3 Å². The van der Waals surface area contributed by atoms with Gasteiger partial charge < -0.3 is 0 Å². The van der Waals surface area contributed by atoms with Crippen molar-refractivity contribution in [3.05, 3.63) is 52.0 Å². The molecule has 3 aromatic rings. The smallest absolute Gasteiger partial charge is 0.206 e. The molecule has 0 radical (unpaired) electrons. The molecule has 0 saturated heterocycles. The van der Waals surface area contributed by atoms with Crippen LogP contribution in [0.5, 0.6) is 0 Å². The highest BCUT2D eigenvalue weighted by molar-refractivity contribution is 6.35. The lowest BCUT2D eigenvalue weighted by atomic mass is 10.2. The van der Waals surface area contributed by atoms with Crippen molar-refractivity contribution in [1.82, 2.24) is 24.7 Å². The molecule has 5 nitrogen and oxygen atoms in total. The fourth-order valence-electron chi connectivity index (χ4n) is 1.62. The summed E-state index contributed by atoms with van der Waals surface area (Å²) in [6, 6.07) is 6.78. The molecule has 1 aromatic carbocycles. The normalized spacial score (nSPS) is 10.8. The molecule has 0 unspecified atom stereocenters. The van der Waals surface area contributed by atoms with Crippen molar-refractivity contribution in [2.24, 2.45) is 0 Å². The van der Waals surface area contributed by atoms with Crippen LogP contribution in [0.1, 0.15) is 0 Å². The minimum atomic E-state index is 0.0524. The molecule has 2 aromatic heterocycles. The molecular formula is C12H6Cl3N5. The molecule has 0 aliphatic heterocycles. The molecule has 0 aliphatic rings. The van der Waals surface area contributed by atoms with Crippen LogP contribution in [-0.4, -0.2) is 24.7 Å². The zero-order chi connectivity index (χ0) is 14.1. The van der Waals surface area contributed by atoms with Crippen LogP contribution in [0.4, 0.5) is 0 Å². The summed E-state index contributed by atoms with van der Waals surface area (Å²) in [6.45, 7) is 0. The topological polar surface area (TPSA) is 56.5 Å². The van der Waals surface area contributed by atoms with Crippen molar-refractivity contribution in [1.29, 1.82) is 0 Å². The van der Waals surface area contributed by atoms with E-state index in [1.807, 2.05) is 0 Å². The van der Waals surface area contributed by atoms with Crippen LogP contribution in [0, 0.1) is 0 Å². The van der Waals surface area contributed by atoms with Crippen molar-refractivity contribution in [2.75, 3.05) is 0 Å². The molecule has 0 spiro atoms. The first-order valence-electron chi connectivity index (χ1n) is 5.50. The summed E-state index contributed by atoms with van der Waals surface area (Å²) in [4.78, 5) is 12.4. The van der Waals surface area contributed by atoms with Gasteiger partial charge in [0.05, 0.1) is 5.02 Å². The maximum atomic E-state index is 6.14. The summed E-state index contributed by atoms with van der Waals surface area (Å²) < 4.78 is 1.48. The van der Waals surface area contributed by atoms with Gasteiger partial charge in [-0.05, 0) is 35.9 Å². The Morgan fingerprint density at radius 2 is 1.85 bits per heavy atom. The minimum absolute atomic E-state index is 0.0524. The monoisotopic (exact) mass is 325 g/mol. The third-order valence-corrected chi connectivity index (χ3v) is 3.21. The zero-order valence-corrected chi connectivity index (χ0v) is 12.1. The molecule has 3 rings (SSSR count). The van der Waals surface area contributed by atoms with Gasteiger partial charge >= 0.3 is 0 Å². The molecule has 0 fully saturated rings. The highest BCUT2D eigenvalue weighted by Crippen LogP contribution is 2.28. The average Bonchev–Trinajstić information content (AvgIpc) is 2.95. The Labute approximate surface area is 129 Å². The van der Waals surface area contributed by atoms with Crippen LogP contribution in [0.25, 0.3) is 17.3 Å². The van der Waals surface area contributed by atoms with E-state index in [2.05, 4.69) is 20.1 Å². The highest BCUT2D eigenvalue weighted by atomic mass is 35.5. The van der Waals surface area contributed by atoms with Gasteiger partial charge in [-0.1, -0.05) is 23.2 Å². The molecule has 0 atom stereocenters. The summed E-state index contributed by atoms with van der Waals surface area (Å²) in [5, 5.41) is 5.11. The summed E-state index contributed by atoms with van der Waals surface area (Å²) in [6.07, 6.45) is 3.32. The van der Waals surface area contributed by atoms with Crippen molar-refractivity contribution in [3.8, 4) is 17.3 Å². The van der Waals surface area contributed by atoms with E-state index in [1.165, 1.54) is 4.68 Å². The standard InChI is InChI=1S/C12H6Cl3N5/c13-7-2-3-9(14)8(6-7)10-17-11(15)19-12(18-10)20-5-1-4-16-20/h1-6H. The summed E-state index contributed by atoms with van der Waals surface area (Å²) in [5.41, 5.74) is 0.580. The molecule has 0 amide bonds. The molecule has 0 bridgehead atoms. The zero-order valence-electron chi connectivity index (χ0n) is 9.83. The molecule has 8 heteroatoms. The first-order chi connectivity index (χ1) is 9.63. The number of benzene rings is 1. The third-order valence-electron chi connectivity index (χ3n) is 2.47. The fourth-order valence-corrected chi connectivity index (χ4v) is 2.15. The predicted octanol–water partition coefficient (Wildman–Crippen LogP) is 3.68. The van der Waals surface area contributed by atoms with Gasteiger partial charge in [-0.25, -0.2) is 4.68 Å². The molecular weight excluding hydrogens is 321 g/mol. The number of hydrogen-bond donors (Lipinski definition) is 0. The summed E-state index contributed by atoms with van der Waals surface area (Å²) in [7, 11) is 0. The van der Waals surface area contributed by atoms with Gasteiger partial charge in [0.2, 0.25) is 5.28 Å². The molecule has 0 saturated carbocycles. The van der Waals surface area contributed by atoms with Crippen molar-refractivity contribution < 1.29 is 0 Å². The Hall–Kier alpha value is -1.69. The van der Waals surface area contributed by atoms with Crippen LogP contribution in [0.15, 0.2) is 36.7 Å². The van der Waals surface area contributed by atoms with E-state index in [9.17, 15) is 0 Å². The molecule has 2 heterocycles. The molecule has 20 heavy (non-hydrogen) atoms.